The number of primary amides is 2. The highest BCUT2D eigenvalue weighted by atomic mass is 32.2. The van der Waals surface area contributed by atoms with E-state index in [0.29, 0.717) is 55.5 Å². The quantitative estimate of drug-likeness (QED) is 0.0306. The molecule has 0 spiro atoms. The van der Waals surface area contributed by atoms with Crippen molar-refractivity contribution in [3.8, 4) is 0 Å². The monoisotopic (exact) mass is 1770 g/mol. The Morgan fingerprint density at radius 3 is 1.72 bits per heavy atom. The molecule has 1 saturated heterocycles. The fourth-order valence-electron chi connectivity index (χ4n) is 19.5. The van der Waals surface area contributed by atoms with Gasteiger partial charge in [0.25, 0.3) is 0 Å². The maximum Gasteiger partial charge on any atom is 0.317 e. The molecule has 694 valence electrons. The number of carbonyl (C=O) groups is 15. The van der Waals surface area contributed by atoms with Crippen molar-refractivity contribution >= 4 is 111 Å². The minimum Gasteiger partial charge on any atom is -0.480 e. The zero-order valence-corrected chi connectivity index (χ0v) is 74.1. The van der Waals surface area contributed by atoms with E-state index in [-0.39, 0.29) is 183 Å². The van der Waals surface area contributed by atoms with Crippen LogP contribution in [0.2, 0.25) is 0 Å². The Hall–Kier alpha value is -9.87. The minimum atomic E-state index is -1.42. The molecule has 39 nitrogen and oxygen atoms in total. The number of amides is 12. The van der Waals surface area contributed by atoms with Crippen molar-refractivity contribution < 1.29 is 97.5 Å². The SMILES string of the molecule is CSCC[C@H](NC(=O)[C@H](CC(C)C)NC(=O)[C@H](Cc1c[nH]cn1)NC(=O)CNC(=O)[C@@H](NC(=O)[C@H](C)NC(=O)[C@H](Cc1c[nH]c2ccccc12)NC(=O)[C@H](CCC(N)=O)NC(=O)CC[C@@H](C)[C@H]1CC[C@H]2[C@@H]3[C@H](O)C[C@@H]4C[C@@H](NC(=O)CNC(=O)CN5CCN(CC(=O)O)CCN(CC(=O)O)CCN(CC(=O)O)CC5)CC[C@]4(C)[C@H]3C[C@H](O)[C@]12C)C(C)C)C(N)=O. The molecule has 2 aromatic heterocycles. The summed E-state index contributed by atoms with van der Waals surface area (Å²) >= 11 is 1.46. The highest BCUT2D eigenvalue weighted by Crippen LogP contribution is 2.68. The van der Waals surface area contributed by atoms with Gasteiger partial charge in [-0.15, -0.1) is 0 Å². The number of aromatic nitrogens is 3. The van der Waals surface area contributed by atoms with E-state index in [1.165, 1.54) is 31.2 Å². The first-order chi connectivity index (χ1) is 59.1. The van der Waals surface area contributed by atoms with Crippen LogP contribution in [0.25, 0.3) is 10.9 Å². The van der Waals surface area contributed by atoms with Crippen LogP contribution in [0, 0.1) is 58.2 Å². The highest BCUT2D eigenvalue weighted by molar-refractivity contribution is 7.98. The van der Waals surface area contributed by atoms with Crippen LogP contribution in [0.4, 0.5) is 0 Å². The molecule has 0 bridgehead atoms. The number of rotatable bonds is 44. The number of para-hydroxylation sites is 1. The Balaban J connectivity index is 0.844. The third-order valence-corrected chi connectivity index (χ3v) is 26.9. The molecule has 40 heteroatoms. The zero-order valence-electron chi connectivity index (χ0n) is 73.3. The topological polar surface area (TPSA) is 587 Å². The fourth-order valence-corrected chi connectivity index (χ4v) is 19.9. The van der Waals surface area contributed by atoms with E-state index >= 15 is 0 Å². The first kappa shape index (κ1) is 101. The number of aliphatic hydroxyl groups is 2. The number of hydrogen-bond donors (Lipinski definition) is 19. The third-order valence-electron chi connectivity index (χ3n) is 26.3. The van der Waals surface area contributed by atoms with Crippen molar-refractivity contribution in [3.63, 3.8) is 0 Å². The predicted molar refractivity (Wildman–Crippen MR) is 461 cm³/mol. The summed E-state index contributed by atoms with van der Waals surface area (Å²) in [5, 5.41) is 81.6. The lowest BCUT2D eigenvalue weighted by molar-refractivity contribution is -0.202. The number of aromatic amines is 2. The minimum absolute atomic E-state index is 0.00739. The average Bonchev–Trinajstić information content (AvgIpc) is 1.57. The summed E-state index contributed by atoms with van der Waals surface area (Å²) in [6.07, 6.45) is 9.03. The lowest BCUT2D eigenvalue weighted by Crippen LogP contribution is -2.63. The molecule has 3 heterocycles. The summed E-state index contributed by atoms with van der Waals surface area (Å²) in [7, 11) is 0. The van der Waals surface area contributed by atoms with Crippen molar-refractivity contribution in [2.75, 3.05) is 104 Å². The Kier molecular flexibility index (Phi) is 37.9. The first-order valence-electron chi connectivity index (χ1n) is 43.6. The second kappa shape index (κ2) is 47.1. The summed E-state index contributed by atoms with van der Waals surface area (Å²) in [5.41, 5.74) is 12.0. The Labute approximate surface area is 733 Å². The van der Waals surface area contributed by atoms with Gasteiger partial charge in [-0.1, -0.05) is 66.7 Å². The standard InChI is InChI=1S/C85H133N19O20S/c1-47(2)32-62(81(122)97-60(77(87)118)21-31-125-9)98-82(123)64(36-54-39-88-46-92-54)96-70(110)41-91-83(124)76(48(3)4)100-78(119)50(6)93-80(121)63(33-51-38-89-59-13-11-10-12-55(51)59)99-79(120)61(17-18-67(86)107)95-68(108)19-14-49(5)56-15-16-57-75-58(37-66(106)85(56,57)8)84(7)22-20-53(34-52(84)35-65(75)105)94-69(109)40-90-71(111)42-101-23-25-102(43-72(112)113)27-29-104(45-74(116)117)30-28-103(26-24-101)44-73(114)115/h10-13,38-39,46-50,52-53,56-58,60-66,75-76,89,105-106H,14-37,40-45H2,1-9H3,(H2,86,107)(H2,87,118)(H,88,92)(H,90,111)(H,91,124)(H,93,121)(H,94,109)(H,95,108)(H,96,110)(H,97,122)(H,98,123)(H,99,120)(H,100,119)(H,112,113)(H,114,115)(H,116,117)/t49-,50+,52+,53+,56-,57+,58+,60+,61+,62+,63+,64+,65-,66+,75+,76+,84+,85-/m1/s1. The van der Waals surface area contributed by atoms with Crippen LogP contribution >= 0.6 is 11.8 Å². The number of carbonyl (C=O) groups excluding carboxylic acids is 12. The van der Waals surface area contributed by atoms with Gasteiger partial charge in [-0.2, -0.15) is 11.8 Å². The Morgan fingerprint density at radius 2 is 1.14 bits per heavy atom. The van der Waals surface area contributed by atoms with Crippen LogP contribution in [0.3, 0.4) is 0 Å². The van der Waals surface area contributed by atoms with Gasteiger partial charge in [0.1, 0.15) is 42.3 Å². The number of imidazole rings is 1. The molecule has 5 fully saturated rings. The molecule has 0 unspecified atom stereocenters. The fraction of sp³-hybridized carbons (Fsp3) is 0.694. The van der Waals surface area contributed by atoms with Gasteiger partial charge in [-0.25, -0.2) is 4.98 Å². The number of benzene rings is 1. The number of nitrogens with one attached hydrogen (secondary N) is 12. The number of thioether (sulfide) groups is 1. The number of aliphatic hydroxyl groups excluding tert-OH is 2. The van der Waals surface area contributed by atoms with Crippen LogP contribution in [-0.4, -0.2) is 313 Å². The second-order valence-corrected chi connectivity index (χ2v) is 36.9. The van der Waals surface area contributed by atoms with Crippen molar-refractivity contribution in [3.05, 3.63) is 54.2 Å². The molecular weight excluding hydrogens is 1640 g/mol. The van der Waals surface area contributed by atoms with Gasteiger partial charge in [0, 0.05) is 107 Å². The van der Waals surface area contributed by atoms with Crippen molar-refractivity contribution in [2.45, 2.75) is 212 Å². The number of fused-ring (bicyclic) bond motifs is 6. The Morgan fingerprint density at radius 1 is 0.568 bits per heavy atom. The number of nitrogens with zero attached hydrogens (tertiary/aromatic N) is 5. The van der Waals surface area contributed by atoms with Gasteiger partial charge in [0.2, 0.25) is 70.9 Å². The number of aliphatic carboxylic acids is 3. The van der Waals surface area contributed by atoms with Gasteiger partial charge in [-0.3, -0.25) is 91.5 Å². The van der Waals surface area contributed by atoms with Gasteiger partial charge < -0.3 is 100 Å². The van der Waals surface area contributed by atoms with Crippen LogP contribution in [0.5, 0.6) is 0 Å². The molecule has 1 aliphatic heterocycles. The van der Waals surface area contributed by atoms with E-state index in [0.717, 1.165) is 23.7 Å². The lowest BCUT2D eigenvalue weighted by Gasteiger charge is -2.63. The largest absolute Gasteiger partial charge is 0.480 e. The van der Waals surface area contributed by atoms with E-state index in [1.807, 2.05) is 45.2 Å². The van der Waals surface area contributed by atoms with Crippen molar-refractivity contribution in [1.29, 1.82) is 0 Å². The summed E-state index contributed by atoms with van der Waals surface area (Å²) in [4.78, 5) is 217. The zero-order chi connectivity index (χ0) is 91.7. The van der Waals surface area contributed by atoms with Crippen molar-refractivity contribution in [2.24, 2.45) is 69.6 Å². The summed E-state index contributed by atoms with van der Waals surface area (Å²) in [6.45, 7) is 14.3. The molecule has 12 amide bonds. The van der Waals surface area contributed by atoms with E-state index in [2.05, 4.69) is 82.0 Å². The van der Waals surface area contributed by atoms with E-state index in [4.69, 9.17) is 11.5 Å². The summed E-state index contributed by atoms with van der Waals surface area (Å²) < 4.78 is 0. The normalized spacial score (nSPS) is 24.6. The van der Waals surface area contributed by atoms with E-state index in [1.54, 1.807) is 45.7 Å². The number of nitrogens with two attached hydrogens (primary N) is 2. The average molecular weight is 1770 g/mol. The summed E-state index contributed by atoms with van der Waals surface area (Å²) in [5.74, 6) is -12.3. The number of hydrogen-bond acceptors (Lipinski definition) is 23. The second-order valence-electron chi connectivity index (χ2n) is 36.0. The molecule has 0 radical (unpaired) electrons. The van der Waals surface area contributed by atoms with Crippen molar-refractivity contribution in [1.82, 2.24) is 87.7 Å². The van der Waals surface area contributed by atoms with Gasteiger partial charge in [0.05, 0.1) is 63.5 Å². The van der Waals surface area contributed by atoms with Crippen LogP contribution in [0.1, 0.15) is 150 Å². The van der Waals surface area contributed by atoms with Crippen LogP contribution in [-0.2, 0) is 84.8 Å². The smallest absolute Gasteiger partial charge is 0.317 e. The molecule has 3 aromatic rings. The number of H-pyrrole nitrogens is 2. The van der Waals surface area contributed by atoms with Gasteiger partial charge >= 0.3 is 17.9 Å². The van der Waals surface area contributed by atoms with Gasteiger partial charge in [0.15, 0.2) is 0 Å². The lowest BCUT2D eigenvalue weighted by atomic mass is 9.43. The molecule has 21 N–H and O–H groups in total. The maximum atomic E-state index is 14.7. The molecule has 4 saturated carbocycles. The Bertz CT molecular complexity index is 4200. The highest BCUT2D eigenvalue weighted by Gasteiger charge is 2.66. The predicted octanol–water partition coefficient (Wildman–Crippen LogP) is -1.49. The molecule has 4 aliphatic carbocycles. The number of carboxylic acids is 3. The van der Waals surface area contributed by atoms with Gasteiger partial charge in [-0.05, 0) is 159 Å². The first-order valence-corrected chi connectivity index (χ1v) is 45.0. The maximum absolute atomic E-state index is 14.7. The molecule has 125 heavy (non-hydrogen) atoms. The third kappa shape index (κ3) is 29.1. The number of carboxylic acid groups (broad SMARTS) is 3. The molecule has 18 atom stereocenters. The van der Waals surface area contributed by atoms with Crippen LogP contribution in [0.15, 0.2) is 43.0 Å². The van der Waals surface area contributed by atoms with Crippen LogP contribution < -0.4 is 64.6 Å². The molecule has 1 aromatic carbocycles. The molecule has 5 aliphatic rings. The van der Waals surface area contributed by atoms with E-state index < -0.39 is 161 Å². The summed E-state index contributed by atoms with van der Waals surface area (Å²) in [6, 6.07) is -1.94. The van der Waals surface area contributed by atoms with E-state index in [9.17, 15) is 97.5 Å². The molecule has 8 rings (SSSR count). The molecular formula is C85H133N19O20S.